The molecule has 1 aromatic rings. The number of hydrogen-bond acceptors (Lipinski definition) is 1. The topological polar surface area (TPSA) is 0 Å². The monoisotopic (exact) mass is 192 g/mol. The molecule has 0 aliphatic heterocycles. The lowest BCUT2D eigenvalue weighted by Crippen LogP contribution is -2.11. The maximum absolute atomic E-state index is 3.82. The molecule has 0 bridgehead atoms. The van der Waals surface area contributed by atoms with Crippen molar-refractivity contribution in [3.8, 4) is 0 Å². The lowest BCUT2D eigenvalue weighted by atomic mass is 9.86. The van der Waals surface area contributed by atoms with Crippen LogP contribution < -0.4 is 0 Å². The van der Waals surface area contributed by atoms with Gasteiger partial charge < -0.3 is 0 Å². The normalized spacial score (nSPS) is 21.2. The Morgan fingerprint density at radius 1 is 1.69 bits per heavy atom. The first-order valence-corrected chi connectivity index (χ1v) is 5.80. The van der Waals surface area contributed by atoms with Gasteiger partial charge in [-0.05, 0) is 50.2 Å². The van der Waals surface area contributed by atoms with Crippen molar-refractivity contribution >= 4 is 11.3 Å². The molecule has 0 aromatic carbocycles. The fourth-order valence-electron chi connectivity index (χ4n) is 2.18. The van der Waals surface area contributed by atoms with E-state index in [9.17, 15) is 0 Å². The van der Waals surface area contributed by atoms with Gasteiger partial charge in [0.25, 0.3) is 0 Å². The third-order valence-electron chi connectivity index (χ3n) is 2.81. The Kier molecular flexibility index (Phi) is 2.54. The van der Waals surface area contributed by atoms with E-state index in [0.29, 0.717) is 0 Å². The molecular formula is C12H16S. The Morgan fingerprint density at radius 3 is 3.31 bits per heavy atom. The van der Waals surface area contributed by atoms with Crippen LogP contribution in [0.25, 0.3) is 0 Å². The summed E-state index contributed by atoms with van der Waals surface area (Å²) in [5.74, 6) is 0.860. The second kappa shape index (κ2) is 3.67. The molecular weight excluding hydrogens is 176 g/mol. The zero-order valence-electron chi connectivity index (χ0n) is 8.18. The number of hydrogen-bond donors (Lipinski definition) is 0. The van der Waals surface area contributed by atoms with Crippen molar-refractivity contribution in [1.29, 1.82) is 0 Å². The maximum Gasteiger partial charge on any atom is 0.00802 e. The molecule has 1 aromatic heterocycles. The molecule has 0 radical (unpaired) electrons. The van der Waals surface area contributed by atoms with Gasteiger partial charge in [-0.3, -0.25) is 0 Å². The largest absolute Gasteiger partial charge is 0.145 e. The number of rotatable bonds is 2. The number of allylic oxidation sites excluding steroid dienone is 1. The van der Waals surface area contributed by atoms with Crippen molar-refractivity contribution in [3.05, 3.63) is 34.0 Å². The third-order valence-corrected chi connectivity index (χ3v) is 3.96. The second-order valence-corrected chi connectivity index (χ2v) is 5.28. The summed E-state index contributed by atoms with van der Waals surface area (Å²) in [6, 6.07) is 2.37. The van der Waals surface area contributed by atoms with Crippen LogP contribution in [0.3, 0.4) is 0 Å². The summed E-state index contributed by atoms with van der Waals surface area (Å²) in [7, 11) is 0. The molecule has 1 heterocycles. The lowest BCUT2D eigenvalue weighted by Gasteiger charge is -2.20. The molecule has 0 amide bonds. The smallest absolute Gasteiger partial charge is 0.00802 e. The SMILES string of the molecule is C=CCC1CCc2sc(C)cc2C1. The second-order valence-electron chi connectivity index (χ2n) is 3.94. The minimum absolute atomic E-state index is 0.860. The zero-order valence-corrected chi connectivity index (χ0v) is 8.99. The fraction of sp³-hybridized carbons (Fsp3) is 0.500. The molecule has 13 heavy (non-hydrogen) atoms. The molecule has 0 saturated heterocycles. The zero-order chi connectivity index (χ0) is 9.26. The van der Waals surface area contributed by atoms with Crippen LogP contribution in [-0.4, -0.2) is 0 Å². The van der Waals surface area contributed by atoms with Gasteiger partial charge in [-0.2, -0.15) is 0 Å². The van der Waals surface area contributed by atoms with Gasteiger partial charge in [0.2, 0.25) is 0 Å². The van der Waals surface area contributed by atoms with E-state index in [1.165, 1.54) is 30.6 Å². The van der Waals surface area contributed by atoms with Crippen LogP contribution in [0.2, 0.25) is 0 Å². The highest BCUT2D eigenvalue weighted by molar-refractivity contribution is 7.12. The summed E-state index contributed by atoms with van der Waals surface area (Å²) in [5.41, 5.74) is 1.61. The van der Waals surface area contributed by atoms with Crippen LogP contribution in [0.5, 0.6) is 0 Å². The summed E-state index contributed by atoms with van der Waals surface area (Å²) < 4.78 is 0. The van der Waals surface area contributed by atoms with E-state index in [4.69, 9.17) is 0 Å². The Hall–Kier alpha value is -0.560. The first-order valence-electron chi connectivity index (χ1n) is 4.98. The van der Waals surface area contributed by atoms with Crippen molar-refractivity contribution in [3.63, 3.8) is 0 Å². The summed E-state index contributed by atoms with van der Waals surface area (Å²) >= 11 is 1.98. The molecule has 70 valence electrons. The van der Waals surface area contributed by atoms with Crippen molar-refractivity contribution < 1.29 is 0 Å². The predicted molar refractivity (Wildman–Crippen MR) is 59.4 cm³/mol. The Bertz CT molecular complexity index is 309. The van der Waals surface area contributed by atoms with Crippen LogP contribution in [0.15, 0.2) is 18.7 Å². The molecule has 1 atom stereocenters. The molecule has 1 heteroatoms. The van der Waals surface area contributed by atoms with Crippen molar-refractivity contribution in [1.82, 2.24) is 0 Å². The minimum atomic E-state index is 0.860. The number of thiophene rings is 1. The minimum Gasteiger partial charge on any atom is -0.145 e. The number of fused-ring (bicyclic) bond motifs is 1. The quantitative estimate of drug-likeness (QED) is 0.626. The van der Waals surface area contributed by atoms with Gasteiger partial charge in [-0.25, -0.2) is 0 Å². The average molecular weight is 192 g/mol. The highest BCUT2D eigenvalue weighted by atomic mass is 32.1. The van der Waals surface area contributed by atoms with Gasteiger partial charge in [-0.15, -0.1) is 17.9 Å². The molecule has 0 N–H and O–H groups in total. The molecule has 1 aliphatic rings. The van der Waals surface area contributed by atoms with Gasteiger partial charge in [0, 0.05) is 9.75 Å². The van der Waals surface area contributed by atoms with Crippen LogP contribution >= 0.6 is 11.3 Å². The fourth-order valence-corrected chi connectivity index (χ4v) is 3.27. The van der Waals surface area contributed by atoms with E-state index in [-0.39, 0.29) is 0 Å². The van der Waals surface area contributed by atoms with E-state index in [1.54, 1.807) is 10.4 Å². The molecule has 0 saturated carbocycles. The van der Waals surface area contributed by atoms with Crippen LogP contribution in [0.4, 0.5) is 0 Å². The average Bonchev–Trinajstić information content (AvgIpc) is 2.44. The van der Waals surface area contributed by atoms with E-state index >= 15 is 0 Å². The lowest BCUT2D eigenvalue weighted by molar-refractivity contribution is 0.468. The van der Waals surface area contributed by atoms with E-state index in [1.807, 2.05) is 11.3 Å². The Morgan fingerprint density at radius 2 is 2.54 bits per heavy atom. The molecule has 1 aliphatic carbocycles. The van der Waals surface area contributed by atoms with Gasteiger partial charge in [0.15, 0.2) is 0 Å². The Balaban J connectivity index is 2.14. The predicted octanol–water partition coefficient (Wildman–Crippen LogP) is 3.74. The van der Waals surface area contributed by atoms with E-state index < -0.39 is 0 Å². The molecule has 0 nitrogen and oxygen atoms in total. The molecule has 1 unspecified atom stereocenters. The highest BCUT2D eigenvalue weighted by Crippen LogP contribution is 2.33. The van der Waals surface area contributed by atoms with Crippen molar-refractivity contribution in [2.75, 3.05) is 0 Å². The van der Waals surface area contributed by atoms with Crippen molar-refractivity contribution in [2.45, 2.75) is 32.6 Å². The summed E-state index contributed by atoms with van der Waals surface area (Å²) in [4.78, 5) is 3.11. The van der Waals surface area contributed by atoms with Gasteiger partial charge in [0.05, 0.1) is 0 Å². The van der Waals surface area contributed by atoms with Crippen molar-refractivity contribution in [2.24, 2.45) is 5.92 Å². The number of aryl methyl sites for hydroxylation is 2. The summed E-state index contributed by atoms with van der Waals surface area (Å²) in [6.07, 6.45) is 7.19. The summed E-state index contributed by atoms with van der Waals surface area (Å²) in [6.45, 7) is 6.03. The standard InChI is InChI=1S/C12H16S/c1-3-4-10-5-6-12-11(8-10)7-9(2)13-12/h3,7,10H,1,4-6,8H2,2H3. The first kappa shape index (κ1) is 9.01. The van der Waals surface area contributed by atoms with E-state index in [0.717, 1.165) is 5.92 Å². The van der Waals surface area contributed by atoms with Gasteiger partial charge >= 0.3 is 0 Å². The van der Waals surface area contributed by atoms with Gasteiger partial charge in [0.1, 0.15) is 0 Å². The van der Waals surface area contributed by atoms with Crippen LogP contribution in [-0.2, 0) is 12.8 Å². The highest BCUT2D eigenvalue weighted by Gasteiger charge is 2.19. The third kappa shape index (κ3) is 1.86. The van der Waals surface area contributed by atoms with Gasteiger partial charge in [-0.1, -0.05) is 6.08 Å². The Labute approximate surface area is 84.3 Å². The first-order chi connectivity index (χ1) is 6.29. The molecule has 0 spiro atoms. The molecule has 2 rings (SSSR count). The summed E-state index contributed by atoms with van der Waals surface area (Å²) in [5, 5.41) is 0. The van der Waals surface area contributed by atoms with Crippen LogP contribution in [0.1, 0.15) is 28.2 Å². The maximum atomic E-state index is 3.82. The van der Waals surface area contributed by atoms with E-state index in [2.05, 4.69) is 25.6 Å². The molecule has 0 fully saturated rings. The van der Waals surface area contributed by atoms with Crippen LogP contribution in [0, 0.1) is 12.8 Å².